The Bertz CT molecular complexity index is 687. The van der Waals surface area contributed by atoms with E-state index in [1.165, 1.54) is 16.2 Å². The van der Waals surface area contributed by atoms with Crippen LogP contribution in [-0.2, 0) is 27.4 Å². The molecule has 6 nitrogen and oxygen atoms in total. The highest BCUT2D eigenvalue weighted by Gasteiger charge is 2.18. The number of hydrogen-bond acceptors (Lipinski definition) is 4. The molecule has 1 aromatic heterocycles. The lowest BCUT2D eigenvalue weighted by atomic mass is 10.2. The number of hydrogen-bond donors (Lipinski definition) is 2. The molecule has 0 radical (unpaired) electrons. The van der Waals surface area contributed by atoms with E-state index >= 15 is 0 Å². The summed E-state index contributed by atoms with van der Waals surface area (Å²) >= 11 is 0. The molecule has 1 unspecified atom stereocenters. The van der Waals surface area contributed by atoms with Gasteiger partial charge < -0.3 is 24.0 Å². The van der Waals surface area contributed by atoms with Gasteiger partial charge in [-0.1, -0.05) is 37.3 Å². The average molecular weight is 390 g/mol. The molecule has 1 heterocycles. The Kier molecular flexibility index (Phi) is 9.76. The van der Waals surface area contributed by atoms with Gasteiger partial charge in [-0.15, -0.1) is 0 Å². The van der Waals surface area contributed by atoms with Crippen LogP contribution in [0, 0.1) is 0 Å². The Morgan fingerprint density at radius 1 is 1.21 bits per heavy atom. The Morgan fingerprint density at radius 2 is 2.00 bits per heavy atom. The van der Waals surface area contributed by atoms with Crippen molar-refractivity contribution in [2.45, 2.75) is 39.0 Å². The minimum absolute atomic E-state index is 0.0420. The summed E-state index contributed by atoms with van der Waals surface area (Å²) in [6.07, 6.45) is 2.53. The van der Waals surface area contributed by atoms with Crippen LogP contribution < -0.4 is 4.90 Å². The monoisotopic (exact) mass is 389 g/mol. The first-order chi connectivity index (χ1) is 13.6. The number of methoxy groups -OCH3 is 1. The summed E-state index contributed by atoms with van der Waals surface area (Å²) in [4.78, 5) is 12.7. The summed E-state index contributed by atoms with van der Waals surface area (Å²) in [7, 11) is 1.68. The number of rotatable bonds is 13. The third kappa shape index (κ3) is 7.84. The number of nitrogens with one attached hydrogen (secondary N) is 1. The van der Waals surface area contributed by atoms with Gasteiger partial charge in [-0.2, -0.15) is 0 Å². The van der Waals surface area contributed by atoms with Crippen molar-refractivity contribution in [3.63, 3.8) is 0 Å². The van der Waals surface area contributed by atoms with Gasteiger partial charge in [0.15, 0.2) is 0 Å². The molecule has 6 heteroatoms. The number of benzene rings is 1. The van der Waals surface area contributed by atoms with Crippen LogP contribution in [0.1, 0.15) is 31.0 Å². The predicted octanol–water partition coefficient (Wildman–Crippen LogP) is 1.27. The smallest absolute Gasteiger partial charge is 0.305 e. The molecule has 2 atom stereocenters. The largest absolute Gasteiger partial charge is 0.463 e. The fraction of sp³-hybridized carbons (Fsp3) is 0.500. The molecule has 0 aliphatic carbocycles. The zero-order chi connectivity index (χ0) is 20.2. The van der Waals surface area contributed by atoms with E-state index in [0.29, 0.717) is 19.6 Å². The molecule has 0 aliphatic rings. The Hall–Kier alpha value is -2.15. The number of carbonyl (C=O) groups excluding carboxylic acids is 1. The molecule has 0 amide bonds. The minimum atomic E-state index is -0.690. The van der Waals surface area contributed by atoms with Crippen molar-refractivity contribution < 1.29 is 24.3 Å². The second-order valence-electron chi connectivity index (χ2n) is 7.07. The fourth-order valence-electron chi connectivity index (χ4n) is 3.17. The van der Waals surface area contributed by atoms with E-state index in [0.717, 1.165) is 26.1 Å². The van der Waals surface area contributed by atoms with Crippen LogP contribution in [0.3, 0.4) is 0 Å². The van der Waals surface area contributed by atoms with Crippen LogP contribution in [0.4, 0.5) is 0 Å². The van der Waals surface area contributed by atoms with Crippen LogP contribution in [0.15, 0.2) is 48.7 Å². The molecule has 0 bridgehead atoms. The molecule has 2 N–H and O–H groups in total. The van der Waals surface area contributed by atoms with Crippen molar-refractivity contribution >= 4 is 5.97 Å². The first kappa shape index (κ1) is 22.1. The van der Waals surface area contributed by atoms with Crippen molar-refractivity contribution in [3.05, 3.63) is 59.9 Å². The number of aliphatic hydroxyl groups excluding tert-OH is 1. The number of aliphatic hydroxyl groups is 1. The Morgan fingerprint density at radius 3 is 2.71 bits per heavy atom. The summed E-state index contributed by atoms with van der Waals surface area (Å²) in [5.41, 5.74) is 2.45. The van der Waals surface area contributed by atoms with Gasteiger partial charge in [0.2, 0.25) is 0 Å². The van der Waals surface area contributed by atoms with E-state index in [1.807, 2.05) is 25.1 Å². The lowest BCUT2D eigenvalue weighted by Crippen LogP contribution is -3.12. The van der Waals surface area contributed by atoms with E-state index in [4.69, 9.17) is 9.47 Å². The maximum atomic E-state index is 11.5. The molecule has 0 saturated carbocycles. The van der Waals surface area contributed by atoms with E-state index in [9.17, 15) is 9.90 Å². The van der Waals surface area contributed by atoms with Gasteiger partial charge in [-0.05, 0) is 24.1 Å². The first-order valence-electron chi connectivity index (χ1n) is 9.96. The van der Waals surface area contributed by atoms with Gasteiger partial charge in [0.25, 0.3) is 0 Å². The summed E-state index contributed by atoms with van der Waals surface area (Å²) in [6, 6.07) is 14.5. The van der Waals surface area contributed by atoms with Crippen molar-refractivity contribution in [3.8, 4) is 0 Å². The van der Waals surface area contributed by atoms with Crippen LogP contribution in [0.25, 0.3) is 0 Å². The lowest BCUT2D eigenvalue weighted by Gasteiger charge is -2.23. The van der Waals surface area contributed by atoms with E-state index in [-0.39, 0.29) is 12.6 Å². The molecular weight excluding hydrogens is 356 g/mol. The fourth-order valence-corrected chi connectivity index (χ4v) is 3.17. The minimum Gasteiger partial charge on any atom is -0.463 e. The van der Waals surface area contributed by atoms with Gasteiger partial charge >= 0.3 is 5.97 Å². The summed E-state index contributed by atoms with van der Waals surface area (Å²) in [5.74, 6) is -0.253. The summed E-state index contributed by atoms with van der Waals surface area (Å²) in [5, 5.41) is 10.3. The van der Waals surface area contributed by atoms with Crippen LogP contribution in [-0.4, -0.2) is 55.2 Å². The average Bonchev–Trinajstić information content (AvgIpc) is 3.12. The van der Waals surface area contributed by atoms with Crippen molar-refractivity contribution in [2.75, 3.05) is 33.4 Å². The van der Waals surface area contributed by atoms with E-state index in [2.05, 4.69) is 35.0 Å². The zero-order valence-corrected chi connectivity index (χ0v) is 17.0. The Balaban J connectivity index is 1.94. The summed E-state index contributed by atoms with van der Waals surface area (Å²) in [6.45, 7) is 5.43. The normalized spacial score (nSPS) is 13.2. The van der Waals surface area contributed by atoms with E-state index in [1.54, 1.807) is 7.11 Å². The number of ether oxygens (including phenoxy) is 2. The zero-order valence-electron chi connectivity index (χ0n) is 17.0. The standard InChI is InChI=1S/C22H32N2O4/c1-3-8-22(26)28-18-21(25)17-23(13-14-27-2)16-20-11-7-12-24(20)15-19-9-5-4-6-10-19/h4-7,9-12,21,25H,3,8,13-18H2,1-2H3/p+1/t21-/m0/s1. The summed E-state index contributed by atoms with van der Waals surface area (Å²) < 4.78 is 12.6. The van der Waals surface area contributed by atoms with Gasteiger partial charge in [0.05, 0.1) is 12.3 Å². The maximum Gasteiger partial charge on any atom is 0.305 e. The van der Waals surface area contributed by atoms with Gasteiger partial charge in [-0.3, -0.25) is 4.79 Å². The maximum absolute atomic E-state index is 11.5. The quantitative estimate of drug-likeness (QED) is 0.507. The number of quaternary nitrogens is 1. The molecule has 154 valence electrons. The Labute approximate surface area is 167 Å². The number of esters is 1. The van der Waals surface area contributed by atoms with E-state index < -0.39 is 6.10 Å². The van der Waals surface area contributed by atoms with Crippen molar-refractivity contribution in [2.24, 2.45) is 0 Å². The van der Waals surface area contributed by atoms with Gasteiger partial charge in [0, 0.05) is 26.3 Å². The first-order valence-corrected chi connectivity index (χ1v) is 9.96. The molecule has 0 saturated heterocycles. The number of aromatic nitrogens is 1. The van der Waals surface area contributed by atoms with Gasteiger partial charge in [0.1, 0.15) is 32.3 Å². The second kappa shape index (κ2) is 12.3. The number of carbonyl (C=O) groups is 1. The second-order valence-corrected chi connectivity index (χ2v) is 7.07. The highest BCUT2D eigenvalue weighted by Crippen LogP contribution is 2.07. The topological polar surface area (TPSA) is 65.1 Å². The van der Waals surface area contributed by atoms with Crippen LogP contribution in [0.5, 0.6) is 0 Å². The molecular formula is C22H33N2O4+. The lowest BCUT2D eigenvalue weighted by molar-refractivity contribution is -0.917. The van der Waals surface area contributed by atoms with Crippen LogP contribution in [0.2, 0.25) is 0 Å². The van der Waals surface area contributed by atoms with Crippen molar-refractivity contribution in [1.82, 2.24) is 4.57 Å². The molecule has 2 aromatic rings. The van der Waals surface area contributed by atoms with Crippen molar-refractivity contribution in [1.29, 1.82) is 0 Å². The third-order valence-electron chi connectivity index (χ3n) is 4.63. The molecule has 1 aromatic carbocycles. The molecule has 28 heavy (non-hydrogen) atoms. The van der Waals surface area contributed by atoms with Gasteiger partial charge in [-0.25, -0.2) is 0 Å². The molecule has 0 fully saturated rings. The van der Waals surface area contributed by atoms with Crippen LogP contribution >= 0.6 is 0 Å². The number of nitrogens with zero attached hydrogens (tertiary/aromatic N) is 1. The predicted molar refractivity (Wildman–Crippen MR) is 108 cm³/mol. The molecule has 0 aliphatic heterocycles. The molecule has 0 spiro atoms. The SMILES string of the molecule is CCCC(=O)OC[C@@H](O)C[NH+](CCOC)Cc1cccn1Cc1ccccc1. The third-order valence-corrected chi connectivity index (χ3v) is 4.63. The molecule has 2 rings (SSSR count). The highest BCUT2D eigenvalue weighted by atomic mass is 16.5. The highest BCUT2D eigenvalue weighted by molar-refractivity contribution is 5.69.